The summed E-state index contributed by atoms with van der Waals surface area (Å²) in [6.45, 7) is 0.0399. The summed E-state index contributed by atoms with van der Waals surface area (Å²) in [6.07, 6.45) is -3.27. The standard InChI is InChI=1S/C12H12F3N5O/c1-16-10-7(3-2-4-8(10)12(13,14)15)11(21)17-5-9-18-6-19-20-9/h2-4,6,16H,5H2,1H3,(H,17,21)(H,18,19,20). The first kappa shape index (κ1) is 14.8. The molecule has 3 N–H and O–H groups in total. The van der Waals surface area contributed by atoms with Gasteiger partial charge in [-0.05, 0) is 12.1 Å². The number of carbonyl (C=O) groups is 1. The summed E-state index contributed by atoms with van der Waals surface area (Å²) < 4.78 is 38.7. The highest BCUT2D eigenvalue weighted by Gasteiger charge is 2.34. The summed E-state index contributed by atoms with van der Waals surface area (Å²) >= 11 is 0. The molecule has 1 heterocycles. The lowest BCUT2D eigenvalue weighted by molar-refractivity contribution is -0.136. The van der Waals surface area contributed by atoms with Gasteiger partial charge in [-0.1, -0.05) is 6.07 Å². The first-order valence-electron chi connectivity index (χ1n) is 5.94. The Bertz CT molecular complexity index is 624. The number of hydrogen-bond acceptors (Lipinski definition) is 4. The molecule has 0 aliphatic rings. The van der Waals surface area contributed by atoms with Crippen LogP contribution in [0.2, 0.25) is 0 Å². The predicted molar refractivity (Wildman–Crippen MR) is 68.5 cm³/mol. The molecule has 0 aliphatic carbocycles. The van der Waals surface area contributed by atoms with Crippen molar-refractivity contribution in [3.63, 3.8) is 0 Å². The quantitative estimate of drug-likeness (QED) is 0.804. The molecular formula is C12H12F3N5O. The maximum Gasteiger partial charge on any atom is 0.418 e. The molecule has 112 valence electrons. The van der Waals surface area contributed by atoms with Crippen LogP contribution in [0.15, 0.2) is 24.5 Å². The van der Waals surface area contributed by atoms with Gasteiger partial charge >= 0.3 is 6.18 Å². The molecule has 0 saturated carbocycles. The normalized spacial score (nSPS) is 11.2. The number of nitrogens with zero attached hydrogens (tertiary/aromatic N) is 2. The van der Waals surface area contributed by atoms with Crippen LogP contribution in [0.3, 0.4) is 0 Å². The summed E-state index contributed by atoms with van der Waals surface area (Å²) in [4.78, 5) is 15.8. The molecule has 0 radical (unpaired) electrons. The molecule has 1 aromatic heterocycles. The van der Waals surface area contributed by atoms with E-state index in [2.05, 4.69) is 25.8 Å². The minimum atomic E-state index is -4.54. The van der Waals surface area contributed by atoms with Crippen LogP contribution in [-0.4, -0.2) is 28.1 Å². The zero-order valence-electron chi connectivity index (χ0n) is 11.0. The summed E-state index contributed by atoms with van der Waals surface area (Å²) in [5, 5.41) is 11.0. The van der Waals surface area contributed by atoms with Crippen LogP contribution in [0.4, 0.5) is 18.9 Å². The van der Waals surface area contributed by atoms with Crippen molar-refractivity contribution in [2.45, 2.75) is 12.7 Å². The van der Waals surface area contributed by atoms with Crippen molar-refractivity contribution < 1.29 is 18.0 Å². The van der Waals surface area contributed by atoms with E-state index in [1.165, 1.54) is 25.5 Å². The molecule has 0 atom stereocenters. The number of carbonyl (C=O) groups excluding carboxylic acids is 1. The van der Waals surface area contributed by atoms with Crippen LogP contribution in [0.5, 0.6) is 0 Å². The zero-order valence-corrected chi connectivity index (χ0v) is 11.0. The fourth-order valence-corrected chi connectivity index (χ4v) is 1.82. The van der Waals surface area contributed by atoms with E-state index in [1.54, 1.807) is 0 Å². The second kappa shape index (κ2) is 5.81. The minimum absolute atomic E-state index is 0.0399. The number of aromatic amines is 1. The Morgan fingerprint density at radius 2 is 2.14 bits per heavy atom. The number of anilines is 1. The van der Waals surface area contributed by atoms with Crippen LogP contribution in [0.1, 0.15) is 21.7 Å². The van der Waals surface area contributed by atoms with E-state index in [-0.39, 0.29) is 17.8 Å². The molecule has 0 aliphatic heterocycles. The van der Waals surface area contributed by atoms with Gasteiger partial charge in [0.2, 0.25) is 0 Å². The van der Waals surface area contributed by atoms with Gasteiger partial charge in [0.15, 0.2) is 0 Å². The van der Waals surface area contributed by atoms with Crippen molar-refractivity contribution in [2.75, 3.05) is 12.4 Å². The predicted octanol–water partition coefficient (Wildman–Crippen LogP) is 1.80. The third-order valence-electron chi connectivity index (χ3n) is 2.75. The average Bonchev–Trinajstić information content (AvgIpc) is 2.96. The van der Waals surface area contributed by atoms with Crippen molar-refractivity contribution in [3.05, 3.63) is 41.5 Å². The van der Waals surface area contributed by atoms with E-state index in [9.17, 15) is 18.0 Å². The molecule has 0 saturated heterocycles. The number of halogens is 3. The maximum atomic E-state index is 12.9. The third kappa shape index (κ3) is 3.30. The number of nitrogens with one attached hydrogen (secondary N) is 3. The summed E-state index contributed by atoms with van der Waals surface area (Å²) in [6, 6.07) is 3.42. The van der Waals surface area contributed by atoms with E-state index < -0.39 is 17.6 Å². The SMILES string of the molecule is CNc1c(C(=O)NCc2ncn[nH]2)cccc1C(F)(F)F. The van der Waals surface area contributed by atoms with Crippen LogP contribution in [0.25, 0.3) is 0 Å². The highest BCUT2D eigenvalue weighted by atomic mass is 19.4. The summed E-state index contributed by atoms with van der Waals surface area (Å²) in [5.74, 6) is -0.233. The van der Waals surface area contributed by atoms with Crippen molar-refractivity contribution in [1.29, 1.82) is 0 Å². The third-order valence-corrected chi connectivity index (χ3v) is 2.75. The van der Waals surface area contributed by atoms with E-state index in [1.807, 2.05) is 0 Å². The minimum Gasteiger partial charge on any atom is -0.387 e. The number of H-pyrrole nitrogens is 1. The Labute approximate surface area is 117 Å². The van der Waals surface area contributed by atoms with Crippen molar-refractivity contribution >= 4 is 11.6 Å². The van der Waals surface area contributed by atoms with Crippen LogP contribution < -0.4 is 10.6 Å². The first-order chi connectivity index (χ1) is 9.93. The van der Waals surface area contributed by atoms with Gasteiger partial charge in [-0.25, -0.2) is 4.98 Å². The number of hydrogen-bond donors (Lipinski definition) is 3. The molecule has 21 heavy (non-hydrogen) atoms. The molecule has 1 amide bonds. The Kier molecular flexibility index (Phi) is 4.10. The van der Waals surface area contributed by atoms with Gasteiger partial charge in [0, 0.05) is 7.05 Å². The molecular weight excluding hydrogens is 287 g/mol. The number of benzene rings is 1. The van der Waals surface area contributed by atoms with Gasteiger partial charge in [-0.3, -0.25) is 9.89 Å². The Morgan fingerprint density at radius 3 is 2.71 bits per heavy atom. The van der Waals surface area contributed by atoms with Crippen molar-refractivity contribution in [2.24, 2.45) is 0 Å². The monoisotopic (exact) mass is 299 g/mol. The highest BCUT2D eigenvalue weighted by Crippen LogP contribution is 2.36. The molecule has 9 heteroatoms. The topological polar surface area (TPSA) is 82.7 Å². The van der Waals surface area contributed by atoms with Crippen molar-refractivity contribution in [1.82, 2.24) is 20.5 Å². The van der Waals surface area contributed by atoms with Gasteiger partial charge in [-0.2, -0.15) is 18.3 Å². The van der Waals surface area contributed by atoms with E-state index in [0.29, 0.717) is 5.82 Å². The average molecular weight is 299 g/mol. The van der Waals surface area contributed by atoms with Gasteiger partial charge in [0.1, 0.15) is 12.2 Å². The highest BCUT2D eigenvalue weighted by molar-refractivity contribution is 6.00. The Balaban J connectivity index is 2.24. The summed E-state index contributed by atoms with van der Waals surface area (Å²) in [7, 11) is 1.33. The van der Waals surface area contributed by atoms with Gasteiger partial charge in [-0.15, -0.1) is 0 Å². The van der Waals surface area contributed by atoms with E-state index in [0.717, 1.165) is 6.07 Å². The first-order valence-corrected chi connectivity index (χ1v) is 5.94. The molecule has 0 unspecified atom stereocenters. The van der Waals surface area contributed by atoms with Gasteiger partial charge in [0.05, 0.1) is 23.4 Å². The lowest BCUT2D eigenvalue weighted by Gasteiger charge is -2.16. The van der Waals surface area contributed by atoms with Gasteiger partial charge < -0.3 is 10.6 Å². The smallest absolute Gasteiger partial charge is 0.387 e. The second-order valence-corrected chi connectivity index (χ2v) is 4.09. The number of rotatable bonds is 4. The molecule has 6 nitrogen and oxygen atoms in total. The maximum absolute atomic E-state index is 12.9. The fraction of sp³-hybridized carbons (Fsp3) is 0.250. The number of alkyl halides is 3. The lowest BCUT2D eigenvalue weighted by atomic mass is 10.1. The molecule has 0 bridgehead atoms. The van der Waals surface area contributed by atoms with E-state index >= 15 is 0 Å². The second-order valence-electron chi connectivity index (χ2n) is 4.09. The lowest BCUT2D eigenvalue weighted by Crippen LogP contribution is -2.25. The van der Waals surface area contributed by atoms with Crippen LogP contribution in [0, 0.1) is 0 Å². The molecule has 0 spiro atoms. The van der Waals surface area contributed by atoms with Crippen LogP contribution in [-0.2, 0) is 12.7 Å². The number of aromatic nitrogens is 3. The zero-order chi connectivity index (χ0) is 15.5. The van der Waals surface area contributed by atoms with Gasteiger partial charge in [0.25, 0.3) is 5.91 Å². The summed E-state index contributed by atoms with van der Waals surface area (Å²) in [5.41, 5.74) is -1.25. The number of amides is 1. The largest absolute Gasteiger partial charge is 0.418 e. The van der Waals surface area contributed by atoms with Crippen molar-refractivity contribution in [3.8, 4) is 0 Å². The fourth-order valence-electron chi connectivity index (χ4n) is 1.82. The van der Waals surface area contributed by atoms with E-state index in [4.69, 9.17) is 0 Å². The molecule has 1 aromatic carbocycles. The Hall–Kier alpha value is -2.58. The Morgan fingerprint density at radius 1 is 1.38 bits per heavy atom. The van der Waals surface area contributed by atoms with Crippen LogP contribution >= 0.6 is 0 Å². The molecule has 2 aromatic rings. The molecule has 2 rings (SSSR count). The number of para-hydroxylation sites is 1. The molecule has 0 fully saturated rings.